The molecule has 1 nitrogen and oxygen atoms in total. The van der Waals surface area contributed by atoms with Crippen LogP contribution in [-0.4, -0.2) is 5.78 Å². The molecule has 0 saturated heterocycles. The summed E-state index contributed by atoms with van der Waals surface area (Å²) in [5.41, 5.74) is 2.67. The Labute approximate surface area is 110 Å². The molecule has 0 amide bonds. The molecule has 0 radical (unpaired) electrons. The van der Waals surface area contributed by atoms with Gasteiger partial charge >= 0.3 is 0 Å². The average molecular weight is 263 g/mol. The lowest BCUT2D eigenvalue weighted by atomic mass is 9.96. The molecule has 2 aromatic rings. The molecule has 0 unspecified atom stereocenters. The first-order chi connectivity index (χ1) is 8.50. The van der Waals surface area contributed by atoms with Crippen LogP contribution in [0.25, 0.3) is 0 Å². The minimum Gasteiger partial charge on any atom is -0.289 e. The normalized spacial score (nSPS) is 10.4. The summed E-state index contributed by atoms with van der Waals surface area (Å²) in [6.45, 7) is 3.80. The van der Waals surface area contributed by atoms with Crippen molar-refractivity contribution in [2.45, 2.75) is 13.8 Å². The minimum atomic E-state index is -0.465. The van der Waals surface area contributed by atoms with E-state index in [0.29, 0.717) is 5.56 Å². The van der Waals surface area contributed by atoms with Gasteiger partial charge in [-0.3, -0.25) is 4.79 Å². The Kier molecular flexibility index (Phi) is 3.48. The number of hydrogen-bond acceptors (Lipinski definition) is 1. The van der Waals surface area contributed by atoms with Gasteiger partial charge in [0.25, 0.3) is 0 Å². The molecule has 0 aliphatic carbocycles. The molecule has 0 aromatic heterocycles. The molecule has 3 heteroatoms. The van der Waals surface area contributed by atoms with Crippen LogP contribution in [0.4, 0.5) is 4.39 Å². The Balaban J connectivity index is 2.55. The first-order valence-electron chi connectivity index (χ1n) is 5.56. The molecule has 0 heterocycles. The van der Waals surface area contributed by atoms with Crippen molar-refractivity contribution >= 4 is 17.4 Å². The maximum Gasteiger partial charge on any atom is 0.194 e. The van der Waals surface area contributed by atoms with E-state index in [1.54, 1.807) is 6.07 Å². The number of benzene rings is 2. The summed E-state index contributed by atoms with van der Waals surface area (Å²) in [5, 5.41) is 0.266. The van der Waals surface area contributed by atoms with Crippen LogP contribution in [-0.2, 0) is 0 Å². The van der Waals surface area contributed by atoms with Gasteiger partial charge in [-0.05, 0) is 43.2 Å². The molecule has 0 spiro atoms. The second kappa shape index (κ2) is 4.91. The van der Waals surface area contributed by atoms with Crippen molar-refractivity contribution in [2.24, 2.45) is 0 Å². The molecule has 0 saturated carbocycles. The Bertz CT molecular complexity index is 616. The van der Waals surface area contributed by atoms with Gasteiger partial charge in [0.15, 0.2) is 5.78 Å². The van der Waals surface area contributed by atoms with Crippen LogP contribution in [0.15, 0.2) is 36.4 Å². The van der Waals surface area contributed by atoms with Crippen molar-refractivity contribution in [3.05, 3.63) is 69.5 Å². The lowest BCUT2D eigenvalue weighted by Crippen LogP contribution is -2.06. The quantitative estimate of drug-likeness (QED) is 0.737. The average Bonchev–Trinajstić information content (AvgIpc) is 2.35. The number of carbonyl (C=O) groups excluding carboxylic acids is 1. The second-order valence-corrected chi connectivity index (χ2v) is 4.61. The van der Waals surface area contributed by atoms with E-state index in [-0.39, 0.29) is 16.4 Å². The van der Waals surface area contributed by atoms with Crippen LogP contribution < -0.4 is 0 Å². The number of aryl methyl sites for hydroxylation is 1. The van der Waals surface area contributed by atoms with Gasteiger partial charge in [-0.15, -0.1) is 0 Å². The molecule has 0 aliphatic rings. The molecule has 0 N–H and O–H groups in total. The van der Waals surface area contributed by atoms with Crippen LogP contribution in [0.1, 0.15) is 27.0 Å². The van der Waals surface area contributed by atoms with Crippen LogP contribution in [0, 0.1) is 19.7 Å². The maximum atomic E-state index is 13.2. The zero-order valence-corrected chi connectivity index (χ0v) is 10.9. The summed E-state index contributed by atoms with van der Waals surface area (Å²) in [6, 6.07) is 9.28. The number of ketones is 1. The van der Waals surface area contributed by atoms with E-state index >= 15 is 0 Å². The smallest absolute Gasteiger partial charge is 0.194 e. The number of hydrogen-bond donors (Lipinski definition) is 0. The molecular formula is C15H12ClFO. The minimum absolute atomic E-state index is 0.199. The highest BCUT2D eigenvalue weighted by molar-refractivity contribution is 6.35. The van der Waals surface area contributed by atoms with Crippen LogP contribution >= 0.6 is 11.6 Å². The fourth-order valence-electron chi connectivity index (χ4n) is 1.81. The van der Waals surface area contributed by atoms with Crippen LogP contribution in [0.3, 0.4) is 0 Å². The third-order valence-electron chi connectivity index (χ3n) is 3.02. The van der Waals surface area contributed by atoms with E-state index in [9.17, 15) is 9.18 Å². The second-order valence-electron chi connectivity index (χ2n) is 4.20. The Morgan fingerprint density at radius 1 is 1.11 bits per heavy atom. The first-order valence-corrected chi connectivity index (χ1v) is 5.94. The summed E-state index contributed by atoms with van der Waals surface area (Å²) in [7, 11) is 0. The predicted molar refractivity (Wildman–Crippen MR) is 70.8 cm³/mol. The van der Waals surface area contributed by atoms with Crippen molar-refractivity contribution in [1.82, 2.24) is 0 Å². The molecule has 0 fully saturated rings. The highest BCUT2D eigenvalue weighted by atomic mass is 35.5. The summed E-state index contributed by atoms with van der Waals surface area (Å²) >= 11 is 5.95. The Morgan fingerprint density at radius 2 is 1.83 bits per heavy atom. The van der Waals surface area contributed by atoms with Crippen molar-refractivity contribution in [1.29, 1.82) is 0 Å². The molecule has 2 aromatic carbocycles. The van der Waals surface area contributed by atoms with E-state index in [4.69, 9.17) is 11.6 Å². The van der Waals surface area contributed by atoms with Crippen molar-refractivity contribution in [3.63, 3.8) is 0 Å². The molecule has 0 bridgehead atoms. The van der Waals surface area contributed by atoms with Crippen molar-refractivity contribution in [3.8, 4) is 0 Å². The summed E-state index contributed by atoms with van der Waals surface area (Å²) in [5.74, 6) is -0.714. The first kappa shape index (κ1) is 12.8. The summed E-state index contributed by atoms with van der Waals surface area (Å²) < 4.78 is 13.2. The SMILES string of the molecule is Cc1cccc(C(=O)c2cc(F)ccc2Cl)c1C. The molecule has 92 valence electrons. The van der Waals surface area contributed by atoms with E-state index in [1.165, 1.54) is 18.2 Å². The van der Waals surface area contributed by atoms with Gasteiger partial charge in [0.1, 0.15) is 5.82 Å². The van der Waals surface area contributed by atoms with Gasteiger partial charge in [0.05, 0.1) is 5.02 Å². The molecule has 18 heavy (non-hydrogen) atoms. The van der Waals surface area contributed by atoms with E-state index in [2.05, 4.69) is 0 Å². The number of carbonyl (C=O) groups is 1. The molecule has 2 rings (SSSR count). The standard InChI is InChI=1S/C15H12ClFO/c1-9-4-3-5-12(10(9)2)15(18)13-8-11(17)6-7-14(13)16/h3-8H,1-2H3. The predicted octanol–water partition coefficient (Wildman–Crippen LogP) is 4.33. The van der Waals surface area contributed by atoms with Gasteiger partial charge in [-0.25, -0.2) is 4.39 Å². The topological polar surface area (TPSA) is 17.1 Å². The van der Waals surface area contributed by atoms with Gasteiger partial charge in [0.2, 0.25) is 0 Å². The maximum absolute atomic E-state index is 13.2. The lowest BCUT2D eigenvalue weighted by Gasteiger charge is -2.08. The van der Waals surface area contributed by atoms with Gasteiger partial charge < -0.3 is 0 Å². The van der Waals surface area contributed by atoms with Crippen LogP contribution in [0.2, 0.25) is 5.02 Å². The number of halogens is 2. The zero-order chi connectivity index (χ0) is 13.3. The molecule has 0 aliphatic heterocycles. The third-order valence-corrected chi connectivity index (χ3v) is 3.35. The Hall–Kier alpha value is -1.67. The van der Waals surface area contributed by atoms with E-state index in [1.807, 2.05) is 26.0 Å². The molecule has 0 atom stereocenters. The highest BCUT2D eigenvalue weighted by Crippen LogP contribution is 2.23. The van der Waals surface area contributed by atoms with Crippen molar-refractivity contribution in [2.75, 3.05) is 0 Å². The van der Waals surface area contributed by atoms with Gasteiger partial charge in [-0.2, -0.15) is 0 Å². The Morgan fingerprint density at radius 3 is 2.56 bits per heavy atom. The van der Waals surface area contributed by atoms with Crippen molar-refractivity contribution < 1.29 is 9.18 Å². The van der Waals surface area contributed by atoms with E-state index in [0.717, 1.165) is 11.1 Å². The van der Waals surface area contributed by atoms with E-state index < -0.39 is 5.82 Å². The zero-order valence-electron chi connectivity index (χ0n) is 10.1. The summed E-state index contributed by atoms with van der Waals surface area (Å²) in [4.78, 5) is 12.3. The van der Waals surface area contributed by atoms with Gasteiger partial charge in [-0.1, -0.05) is 29.8 Å². The summed E-state index contributed by atoms with van der Waals surface area (Å²) in [6.07, 6.45) is 0. The number of rotatable bonds is 2. The monoisotopic (exact) mass is 262 g/mol. The highest BCUT2D eigenvalue weighted by Gasteiger charge is 2.16. The molecular weight excluding hydrogens is 251 g/mol. The third kappa shape index (κ3) is 2.29. The lowest BCUT2D eigenvalue weighted by molar-refractivity contribution is 0.103. The largest absolute Gasteiger partial charge is 0.289 e. The van der Waals surface area contributed by atoms with Gasteiger partial charge in [0, 0.05) is 11.1 Å². The van der Waals surface area contributed by atoms with Crippen LogP contribution in [0.5, 0.6) is 0 Å². The fraction of sp³-hybridized carbons (Fsp3) is 0.133. The fourth-order valence-corrected chi connectivity index (χ4v) is 2.02.